The molecule has 108 valence electrons. The molecule has 1 atom stereocenters. The van der Waals surface area contributed by atoms with Crippen LogP contribution in [0.2, 0.25) is 0 Å². The summed E-state index contributed by atoms with van der Waals surface area (Å²) in [5, 5.41) is 0. The molecule has 1 fully saturated rings. The zero-order chi connectivity index (χ0) is 14.8. The SMILES string of the molecule is Nc1ccc(C(=O)N2CCCC2c2ccccc2)cc1Br. The Morgan fingerprint density at radius 2 is 1.95 bits per heavy atom. The van der Waals surface area contributed by atoms with E-state index >= 15 is 0 Å². The Labute approximate surface area is 132 Å². The van der Waals surface area contributed by atoms with Crippen LogP contribution in [0.5, 0.6) is 0 Å². The molecule has 1 heterocycles. The second kappa shape index (κ2) is 5.90. The summed E-state index contributed by atoms with van der Waals surface area (Å²) in [6.45, 7) is 0.806. The second-order valence-electron chi connectivity index (χ2n) is 5.30. The summed E-state index contributed by atoms with van der Waals surface area (Å²) in [5.41, 5.74) is 8.32. The maximum atomic E-state index is 12.8. The van der Waals surface area contributed by atoms with Crippen LogP contribution in [0.3, 0.4) is 0 Å². The number of carbonyl (C=O) groups is 1. The first-order chi connectivity index (χ1) is 10.2. The monoisotopic (exact) mass is 344 g/mol. The molecule has 1 aliphatic rings. The van der Waals surface area contributed by atoms with E-state index in [0.29, 0.717) is 11.3 Å². The van der Waals surface area contributed by atoms with Gasteiger partial charge in [-0.2, -0.15) is 0 Å². The molecule has 3 nitrogen and oxygen atoms in total. The first-order valence-corrected chi connectivity index (χ1v) is 7.87. The van der Waals surface area contributed by atoms with E-state index in [2.05, 4.69) is 28.1 Å². The van der Waals surface area contributed by atoms with Gasteiger partial charge in [-0.1, -0.05) is 30.3 Å². The van der Waals surface area contributed by atoms with Gasteiger partial charge in [0.15, 0.2) is 0 Å². The third-order valence-corrected chi connectivity index (χ3v) is 4.63. The van der Waals surface area contributed by atoms with Gasteiger partial charge in [-0.05, 0) is 52.5 Å². The lowest BCUT2D eigenvalue weighted by Gasteiger charge is -2.25. The Morgan fingerprint density at radius 3 is 2.67 bits per heavy atom. The molecule has 0 aromatic heterocycles. The van der Waals surface area contributed by atoms with Gasteiger partial charge in [0, 0.05) is 22.3 Å². The molecule has 0 bridgehead atoms. The lowest BCUT2D eigenvalue weighted by Crippen LogP contribution is -2.30. The molecule has 0 saturated carbocycles. The van der Waals surface area contributed by atoms with Gasteiger partial charge >= 0.3 is 0 Å². The van der Waals surface area contributed by atoms with E-state index in [1.165, 1.54) is 5.56 Å². The zero-order valence-corrected chi connectivity index (χ0v) is 13.2. The Kier molecular flexibility index (Phi) is 3.97. The summed E-state index contributed by atoms with van der Waals surface area (Å²) in [6.07, 6.45) is 2.06. The summed E-state index contributed by atoms with van der Waals surface area (Å²) in [4.78, 5) is 14.7. The van der Waals surface area contributed by atoms with Crippen LogP contribution in [0.4, 0.5) is 5.69 Å². The third-order valence-electron chi connectivity index (χ3n) is 3.95. The van der Waals surface area contributed by atoms with Crippen molar-refractivity contribution in [3.05, 3.63) is 64.1 Å². The molecule has 2 N–H and O–H groups in total. The standard InChI is InChI=1S/C17H17BrN2O/c18-14-11-13(8-9-15(14)19)17(21)20-10-4-7-16(20)12-5-2-1-3-6-12/h1-3,5-6,8-9,11,16H,4,7,10,19H2. The average Bonchev–Trinajstić information content (AvgIpc) is 2.99. The van der Waals surface area contributed by atoms with E-state index in [0.717, 1.165) is 23.9 Å². The van der Waals surface area contributed by atoms with Crippen LogP contribution in [-0.2, 0) is 0 Å². The summed E-state index contributed by atoms with van der Waals surface area (Å²) in [7, 11) is 0. The van der Waals surface area contributed by atoms with E-state index in [9.17, 15) is 4.79 Å². The molecule has 21 heavy (non-hydrogen) atoms. The minimum absolute atomic E-state index is 0.0713. The minimum atomic E-state index is 0.0713. The predicted molar refractivity (Wildman–Crippen MR) is 88.0 cm³/mol. The van der Waals surface area contributed by atoms with Crippen molar-refractivity contribution in [2.24, 2.45) is 0 Å². The van der Waals surface area contributed by atoms with E-state index < -0.39 is 0 Å². The van der Waals surface area contributed by atoms with Crippen molar-refractivity contribution in [1.82, 2.24) is 4.90 Å². The maximum Gasteiger partial charge on any atom is 0.254 e. The van der Waals surface area contributed by atoms with Crippen LogP contribution in [0.25, 0.3) is 0 Å². The highest BCUT2D eigenvalue weighted by molar-refractivity contribution is 9.10. The Hall–Kier alpha value is -1.81. The van der Waals surface area contributed by atoms with Crippen LogP contribution in [0.15, 0.2) is 53.0 Å². The highest BCUT2D eigenvalue weighted by Gasteiger charge is 2.30. The summed E-state index contributed by atoms with van der Waals surface area (Å²) >= 11 is 3.39. The van der Waals surface area contributed by atoms with E-state index in [4.69, 9.17) is 5.73 Å². The topological polar surface area (TPSA) is 46.3 Å². The molecule has 4 heteroatoms. The first kappa shape index (κ1) is 14.1. The predicted octanol–water partition coefficient (Wildman–Crippen LogP) is 4.01. The molecular weight excluding hydrogens is 328 g/mol. The largest absolute Gasteiger partial charge is 0.398 e. The van der Waals surface area contributed by atoms with Crippen molar-refractivity contribution in [3.8, 4) is 0 Å². The minimum Gasteiger partial charge on any atom is -0.398 e. The van der Waals surface area contributed by atoms with E-state index in [-0.39, 0.29) is 11.9 Å². The molecule has 1 aliphatic heterocycles. The van der Waals surface area contributed by atoms with Gasteiger partial charge in [-0.25, -0.2) is 0 Å². The summed E-state index contributed by atoms with van der Waals surface area (Å²) in [5.74, 6) is 0.0713. The lowest BCUT2D eigenvalue weighted by molar-refractivity contribution is 0.0735. The van der Waals surface area contributed by atoms with Crippen molar-refractivity contribution in [1.29, 1.82) is 0 Å². The van der Waals surface area contributed by atoms with Crippen LogP contribution in [0, 0.1) is 0 Å². The fourth-order valence-electron chi connectivity index (χ4n) is 2.86. The number of hydrogen-bond donors (Lipinski definition) is 1. The number of halogens is 1. The molecule has 2 aromatic carbocycles. The van der Waals surface area contributed by atoms with Crippen molar-refractivity contribution in [2.45, 2.75) is 18.9 Å². The summed E-state index contributed by atoms with van der Waals surface area (Å²) in [6, 6.07) is 15.8. The molecule has 0 aliphatic carbocycles. The molecular formula is C17H17BrN2O. The van der Waals surface area contributed by atoms with Gasteiger partial charge in [0.2, 0.25) is 0 Å². The van der Waals surface area contributed by atoms with Crippen molar-refractivity contribution < 1.29 is 4.79 Å². The molecule has 0 spiro atoms. The van der Waals surface area contributed by atoms with Gasteiger partial charge in [-0.15, -0.1) is 0 Å². The van der Waals surface area contributed by atoms with Gasteiger partial charge in [0.1, 0.15) is 0 Å². The number of likely N-dealkylation sites (tertiary alicyclic amines) is 1. The highest BCUT2D eigenvalue weighted by atomic mass is 79.9. The van der Waals surface area contributed by atoms with Crippen LogP contribution < -0.4 is 5.73 Å². The van der Waals surface area contributed by atoms with E-state index in [1.54, 1.807) is 18.2 Å². The number of nitrogens with zero attached hydrogens (tertiary/aromatic N) is 1. The van der Waals surface area contributed by atoms with E-state index in [1.807, 2.05) is 23.1 Å². The average molecular weight is 345 g/mol. The van der Waals surface area contributed by atoms with Gasteiger partial charge in [-0.3, -0.25) is 4.79 Å². The fourth-order valence-corrected chi connectivity index (χ4v) is 3.24. The van der Waals surface area contributed by atoms with Gasteiger partial charge < -0.3 is 10.6 Å². The maximum absolute atomic E-state index is 12.8. The third kappa shape index (κ3) is 2.81. The number of benzene rings is 2. The van der Waals surface area contributed by atoms with Gasteiger partial charge in [0.25, 0.3) is 5.91 Å². The first-order valence-electron chi connectivity index (χ1n) is 7.08. The molecule has 3 rings (SSSR count). The smallest absolute Gasteiger partial charge is 0.254 e. The van der Waals surface area contributed by atoms with Crippen molar-refractivity contribution >= 4 is 27.5 Å². The number of carbonyl (C=O) groups excluding carboxylic acids is 1. The number of nitrogens with two attached hydrogens (primary N) is 1. The quantitative estimate of drug-likeness (QED) is 0.836. The molecule has 1 unspecified atom stereocenters. The molecule has 0 radical (unpaired) electrons. The summed E-state index contributed by atoms with van der Waals surface area (Å²) < 4.78 is 0.767. The highest BCUT2D eigenvalue weighted by Crippen LogP contribution is 2.33. The second-order valence-corrected chi connectivity index (χ2v) is 6.16. The number of nitrogen functional groups attached to an aromatic ring is 1. The van der Waals surface area contributed by atoms with Crippen LogP contribution in [-0.4, -0.2) is 17.4 Å². The Morgan fingerprint density at radius 1 is 1.19 bits per heavy atom. The number of amides is 1. The normalized spacial score (nSPS) is 18.0. The van der Waals surface area contributed by atoms with Crippen LogP contribution in [0.1, 0.15) is 34.8 Å². The number of rotatable bonds is 2. The van der Waals surface area contributed by atoms with Crippen molar-refractivity contribution in [3.63, 3.8) is 0 Å². The molecule has 1 saturated heterocycles. The van der Waals surface area contributed by atoms with Crippen LogP contribution >= 0.6 is 15.9 Å². The fraction of sp³-hybridized carbons (Fsp3) is 0.235. The molecule has 2 aromatic rings. The zero-order valence-electron chi connectivity index (χ0n) is 11.6. The number of anilines is 1. The van der Waals surface area contributed by atoms with Crippen molar-refractivity contribution in [2.75, 3.05) is 12.3 Å². The molecule has 1 amide bonds. The van der Waals surface area contributed by atoms with Gasteiger partial charge in [0.05, 0.1) is 6.04 Å². The Balaban J connectivity index is 1.88. The number of hydrogen-bond acceptors (Lipinski definition) is 2. The Bertz CT molecular complexity index is 657. The lowest BCUT2D eigenvalue weighted by atomic mass is 10.0.